The van der Waals surface area contributed by atoms with Gasteiger partial charge in [0.15, 0.2) is 0 Å². The van der Waals surface area contributed by atoms with Crippen LogP contribution in [0.4, 0.5) is 4.79 Å². The zero-order chi connectivity index (χ0) is 39.5. The van der Waals surface area contributed by atoms with Crippen LogP contribution < -0.4 is 10.6 Å². The van der Waals surface area contributed by atoms with Crippen molar-refractivity contribution in [2.24, 2.45) is 0 Å². The lowest BCUT2D eigenvalue weighted by molar-refractivity contribution is -0.135. The maximum atomic E-state index is 13.3. The van der Waals surface area contributed by atoms with Crippen molar-refractivity contribution in [3.63, 3.8) is 0 Å². The number of ether oxygens (including phenoxy) is 2. The Kier molecular flexibility index (Phi) is 11.8. The average Bonchev–Trinajstić information content (AvgIpc) is 3.96. The van der Waals surface area contributed by atoms with E-state index in [4.69, 9.17) is 14.5 Å². The highest BCUT2D eigenvalue weighted by atomic mass is 16.6. The number of nitrogens with one attached hydrogen (secondary N) is 4. The Morgan fingerprint density at radius 3 is 1.58 bits per heavy atom. The maximum Gasteiger partial charge on any atom is 0.408 e. The Bertz CT molecular complexity index is 1940. The van der Waals surface area contributed by atoms with E-state index in [1.165, 1.54) is 0 Å². The van der Waals surface area contributed by atoms with Crippen LogP contribution in [0.25, 0.3) is 33.6 Å². The number of likely N-dealkylation sites (tertiary alicyclic amines) is 2. The Hall–Kier alpha value is -5.01. The molecule has 4 heterocycles. The Morgan fingerprint density at radius 1 is 0.709 bits per heavy atom. The quantitative estimate of drug-likeness (QED) is 0.118. The maximum absolute atomic E-state index is 13.3. The minimum absolute atomic E-state index is 0.0504. The fourth-order valence-electron chi connectivity index (χ4n) is 7.13. The topological polar surface area (TPSA) is 158 Å². The van der Waals surface area contributed by atoms with E-state index in [0.717, 1.165) is 71.0 Å². The van der Waals surface area contributed by atoms with Gasteiger partial charge in [0, 0.05) is 13.1 Å². The molecule has 2 aromatic heterocycles. The summed E-state index contributed by atoms with van der Waals surface area (Å²) in [6.07, 6.45) is 6.49. The summed E-state index contributed by atoms with van der Waals surface area (Å²) in [7, 11) is 0. The Labute approximate surface area is 324 Å². The van der Waals surface area contributed by atoms with Crippen molar-refractivity contribution in [3.8, 4) is 33.6 Å². The number of imidazole rings is 2. The zero-order valence-electron chi connectivity index (χ0n) is 33.4. The molecule has 294 valence electrons. The molecule has 4 atom stereocenters. The number of hydrogen-bond acceptors (Lipinski definition) is 8. The largest absolute Gasteiger partial charge is 0.444 e. The summed E-state index contributed by atoms with van der Waals surface area (Å²) in [5.74, 6) is 1.42. The smallest absolute Gasteiger partial charge is 0.408 e. The van der Waals surface area contributed by atoms with E-state index in [-0.39, 0.29) is 35.5 Å². The molecule has 0 saturated carbocycles. The predicted molar refractivity (Wildman–Crippen MR) is 212 cm³/mol. The van der Waals surface area contributed by atoms with Gasteiger partial charge in [-0.05, 0) is 103 Å². The summed E-state index contributed by atoms with van der Waals surface area (Å²) in [5, 5.41) is 5.87. The number of nitrogens with zero attached hydrogens (tertiary/aromatic N) is 4. The van der Waals surface area contributed by atoms with Crippen LogP contribution in [0.15, 0.2) is 60.9 Å². The van der Waals surface area contributed by atoms with Crippen LogP contribution in [0.5, 0.6) is 0 Å². The third-order valence-electron chi connectivity index (χ3n) is 9.99. The highest BCUT2D eigenvalue weighted by molar-refractivity contribution is 5.86. The van der Waals surface area contributed by atoms with E-state index in [1.807, 2.05) is 45.0 Å². The number of benzene rings is 2. The van der Waals surface area contributed by atoms with E-state index in [2.05, 4.69) is 74.1 Å². The molecule has 4 N–H and O–H groups in total. The number of carbonyl (C=O) groups is 3. The van der Waals surface area contributed by atoms with E-state index >= 15 is 0 Å². The molecular weight excluding hydrogens is 697 g/mol. The first kappa shape index (κ1) is 39.7. The van der Waals surface area contributed by atoms with Crippen LogP contribution >= 0.6 is 0 Å². The molecule has 2 aliphatic rings. The molecule has 0 spiro atoms. The van der Waals surface area contributed by atoms with Crippen molar-refractivity contribution < 1.29 is 23.9 Å². The molecule has 4 aromatic rings. The summed E-state index contributed by atoms with van der Waals surface area (Å²) >= 11 is 0. The molecule has 2 aliphatic heterocycles. The molecule has 0 radical (unpaired) electrons. The SMILES string of the molecule is C[C@H](NC(=O)OC(C)(C)C)C(=O)N1CCCC1c1ncc(-c2ccc(-c3ccc(-c4cnc([C@@H]5CCCN5C(=O)[C@H](C)NCOC(C)(C)C)[nH]4)cc3)cc2)[nH]1. The van der Waals surface area contributed by atoms with Gasteiger partial charge in [-0.15, -0.1) is 0 Å². The molecule has 0 bridgehead atoms. The first-order valence-electron chi connectivity index (χ1n) is 19.3. The van der Waals surface area contributed by atoms with Crippen molar-refractivity contribution in [2.45, 2.75) is 116 Å². The van der Waals surface area contributed by atoms with Gasteiger partial charge < -0.3 is 34.6 Å². The fraction of sp³-hybridized carbons (Fsp3) is 0.500. The van der Waals surface area contributed by atoms with Crippen LogP contribution in [0, 0.1) is 0 Å². The molecule has 1 unspecified atom stereocenters. The van der Waals surface area contributed by atoms with E-state index < -0.39 is 17.7 Å². The minimum Gasteiger partial charge on any atom is -0.444 e. The lowest BCUT2D eigenvalue weighted by Gasteiger charge is -2.28. The first-order chi connectivity index (χ1) is 26.1. The van der Waals surface area contributed by atoms with Gasteiger partial charge in [0.25, 0.3) is 0 Å². The predicted octanol–water partition coefficient (Wildman–Crippen LogP) is 7.12. The summed E-state index contributed by atoms with van der Waals surface area (Å²) in [4.78, 5) is 59.0. The lowest BCUT2D eigenvalue weighted by Crippen LogP contribution is -2.48. The van der Waals surface area contributed by atoms with Crippen molar-refractivity contribution >= 4 is 17.9 Å². The van der Waals surface area contributed by atoms with Gasteiger partial charge in [-0.3, -0.25) is 14.9 Å². The van der Waals surface area contributed by atoms with Crippen molar-refractivity contribution in [1.82, 2.24) is 40.4 Å². The monoisotopic (exact) mass is 752 g/mol. The van der Waals surface area contributed by atoms with E-state index in [1.54, 1.807) is 32.6 Å². The molecule has 2 fully saturated rings. The van der Waals surface area contributed by atoms with Crippen molar-refractivity contribution in [2.75, 3.05) is 19.8 Å². The molecule has 13 nitrogen and oxygen atoms in total. The number of carbonyl (C=O) groups excluding carboxylic acids is 3. The van der Waals surface area contributed by atoms with E-state index in [9.17, 15) is 14.4 Å². The Morgan fingerprint density at radius 2 is 1.15 bits per heavy atom. The third kappa shape index (κ3) is 9.81. The van der Waals surface area contributed by atoms with Gasteiger partial charge in [-0.2, -0.15) is 0 Å². The van der Waals surface area contributed by atoms with Gasteiger partial charge in [-0.25, -0.2) is 14.8 Å². The third-order valence-corrected chi connectivity index (χ3v) is 9.99. The van der Waals surface area contributed by atoms with Crippen LogP contribution in [-0.4, -0.2) is 90.7 Å². The summed E-state index contributed by atoms with van der Waals surface area (Å²) in [5.41, 5.74) is 5.02. The second-order valence-electron chi connectivity index (χ2n) is 16.6. The number of alkyl carbamates (subject to hydrolysis) is 1. The number of rotatable bonds is 11. The van der Waals surface area contributed by atoms with E-state index in [0.29, 0.717) is 19.8 Å². The van der Waals surface area contributed by atoms with Crippen LogP contribution in [0.1, 0.15) is 105 Å². The second kappa shape index (κ2) is 16.4. The first-order valence-corrected chi connectivity index (χ1v) is 19.3. The average molecular weight is 753 g/mol. The standard InChI is InChI=1S/C42H56N8O5/c1-26(45-25-54-41(3,4)5)38(51)49-21-9-11-34(49)36-43-23-32(47-36)30-17-13-28(14-18-30)29-15-19-31(20-16-29)33-24-44-37(48-33)35-12-10-22-50(35)39(52)27(2)46-40(53)55-42(6,7)8/h13-20,23-24,26-27,34-35,45H,9-12,21-22,25H2,1-8H3,(H,43,47)(H,44,48)(H,46,53)/t26-,27-,34-,35?/m0/s1. The summed E-state index contributed by atoms with van der Waals surface area (Å²) < 4.78 is 11.1. The van der Waals surface area contributed by atoms with Crippen LogP contribution in [0.2, 0.25) is 0 Å². The van der Waals surface area contributed by atoms with Crippen LogP contribution in [0.3, 0.4) is 0 Å². The number of amides is 3. The fourth-order valence-corrected chi connectivity index (χ4v) is 7.13. The highest BCUT2D eigenvalue weighted by Crippen LogP contribution is 2.34. The lowest BCUT2D eigenvalue weighted by atomic mass is 10.0. The number of hydrogen-bond donors (Lipinski definition) is 4. The minimum atomic E-state index is -0.722. The van der Waals surface area contributed by atoms with Gasteiger partial charge in [-0.1, -0.05) is 48.5 Å². The normalized spacial score (nSPS) is 18.7. The number of aromatic amines is 2. The van der Waals surface area contributed by atoms with Gasteiger partial charge in [0.2, 0.25) is 11.8 Å². The van der Waals surface area contributed by atoms with Gasteiger partial charge in [0.05, 0.1) is 54.2 Å². The summed E-state index contributed by atoms with van der Waals surface area (Å²) in [6.45, 7) is 16.5. The van der Waals surface area contributed by atoms with Crippen LogP contribution in [-0.2, 0) is 19.1 Å². The highest BCUT2D eigenvalue weighted by Gasteiger charge is 2.36. The molecule has 2 aromatic carbocycles. The second-order valence-corrected chi connectivity index (χ2v) is 16.6. The van der Waals surface area contributed by atoms with Gasteiger partial charge in [0.1, 0.15) is 23.3 Å². The number of aromatic nitrogens is 4. The Balaban J connectivity index is 1.06. The molecule has 0 aliphatic carbocycles. The zero-order valence-corrected chi connectivity index (χ0v) is 33.4. The number of H-pyrrole nitrogens is 2. The molecule has 6 rings (SSSR count). The van der Waals surface area contributed by atoms with Crippen molar-refractivity contribution in [3.05, 3.63) is 72.6 Å². The molecule has 13 heteroatoms. The van der Waals surface area contributed by atoms with Crippen molar-refractivity contribution in [1.29, 1.82) is 0 Å². The molecule has 2 saturated heterocycles. The molecule has 55 heavy (non-hydrogen) atoms. The van der Waals surface area contributed by atoms with Gasteiger partial charge >= 0.3 is 6.09 Å². The summed E-state index contributed by atoms with van der Waals surface area (Å²) in [6, 6.07) is 15.3. The molecular formula is C42H56N8O5. The molecule has 3 amide bonds.